The van der Waals surface area contributed by atoms with E-state index in [0.29, 0.717) is 27.9 Å². The van der Waals surface area contributed by atoms with E-state index in [-0.39, 0.29) is 18.2 Å². The highest BCUT2D eigenvalue weighted by Crippen LogP contribution is 2.31. The number of halogens is 3. The van der Waals surface area contributed by atoms with Gasteiger partial charge in [-0.05, 0) is 68.4 Å². The number of amides is 1. The van der Waals surface area contributed by atoms with Gasteiger partial charge in [0.25, 0.3) is 0 Å². The van der Waals surface area contributed by atoms with Gasteiger partial charge >= 0.3 is 6.18 Å². The monoisotopic (exact) mass is 539 g/mol. The third-order valence-corrected chi connectivity index (χ3v) is 6.61. The molecule has 196 valence electrons. The number of aromatic nitrogens is 3. The molecule has 4 rings (SSSR count). The van der Waals surface area contributed by atoms with E-state index in [2.05, 4.69) is 20.8 Å². The summed E-state index contributed by atoms with van der Waals surface area (Å²) in [4.78, 5) is 24.3. The number of anilines is 2. The Hall–Kier alpha value is -4.12. The van der Waals surface area contributed by atoms with Crippen LogP contribution in [0.15, 0.2) is 84.0 Å². The van der Waals surface area contributed by atoms with Gasteiger partial charge in [-0.1, -0.05) is 36.0 Å². The van der Waals surface area contributed by atoms with E-state index in [1.54, 1.807) is 41.8 Å². The predicted octanol–water partition coefficient (Wildman–Crippen LogP) is 6.22. The third kappa shape index (κ3) is 6.60. The average molecular weight is 540 g/mol. The fourth-order valence-corrected chi connectivity index (χ4v) is 4.44. The van der Waals surface area contributed by atoms with Gasteiger partial charge in [-0.15, -0.1) is 10.2 Å². The maximum absolute atomic E-state index is 13.1. The minimum absolute atomic E-state index is 0.0644. The van der Waals surface area contributed by atoms with Crippen molar-refractivity contribution < 1.29 is 22.8 Å². The van der Waals surface area contributed by atoms with Crippen molar-refractivity contribution in [1.82, 2.24) is 14.8 Å². The van der Waals surface area contributed by atoms with Crippen LogP contribution in [0.25, 0.3) is 5.69 Å². The number of para-hydroxylation sites is 1. The Morgan fingerprint density at radius 2 is 1.66 bits per heavy atom. The van der Waals surface area contributed by atoms with E-state index in [1.165, 1.54) is 24.8 Å². The Kier molecular flexibility index (Phi) is 8.16. The van der Waals surface area contributed by atoms with E-state index in [0.717, 1.165) is 17.8 Å². The van der Waals surface area contributed by atoms with E-state index >= 15 is 0 Å². The summed E-state index contributed by atoms with van der Waals surface area (Å²) >= 11 is 1.20. The Balaban J connectivity index is 1.51. The van der Waals surface area contributed by atoms with Gasteiger partial charge in [0.05, 0.1) is 17.4 Å². The van der Waals surface area contributed by atoms with Crippen LogP contribution in [-0.2, 0) is 17.5 Å². The summed E-state index contributed by atoms with van der Waals surface area (Å²) < 4.78 is 41.0. The fraction of sp³-hybridized carbons (Fsp3) is 0.185. The number of alkyl halides is 3. The SMILES string of the molecule is CC(=O)c1ccc(NC(=O)[C@H](C)Sc2nnc(CNc3cccc(C(F)(F)F)c3)n2-c2ccccc2)cc1. The minimum Gasteiger partial charge on any atom is -0.378 e. The summed E-state index contributed by atoms with van der Waals surface area (Å²) in [5.74, 6) is 0.130. The molecule has 0 saturated heterocycles. The molecule has 0 aliphatic carbocycles. The topological polar surface area (TPSA) is 88.9 Å². The molecule has 0 fully saturated rings. The van der Waals surface area contributed by atoms with Crippen LogP contribution in [-0.4, -0.2) is 31.7 Å². The lowest BCUT2D eigenvalue weighted by Crippen LogP contribution is -2.23. The van der Waals surface area contributed by atoms with Gasteiger partial charge < -0.3 is 10.6 Å². The van der Waals surface area contributed by atoms with Crippen LogP contribution in [0, 0.1) is 0 Å². The molecule has 7 nitrogen and oxygen atoms in total. The molecule has 0 unspecified atom stereocenters. The average Bonchev–Trinajstić information content (AvgIpc) is 3.30. The van der Waals surface area contributed by atoms with E-state index in [9.17, 15) is 22.8 Å². The highest BCUT2D eigenvalue weighted by molar-refractivity contribution is 8.00. The second-order valence-electron chi connectivity index (χ2n) is 8.38. The number of rotatable bonds is 9. The molecule has 0 saturated carbocycles. The van der Waals surface area contributed by atoms with Crippen LogP contribution >= 0.6 is 11.8 Å². The lowest BCUT2D eigenvalue weighted by Gasteiger charge is -2.15. The molecule has 0 aliphatic heterocycles. The van der Waals surface area contributed by atoms with Gasteiger partial charge in [-0.3, -0.25) is 14.2 Å². The highest BCUT2D eigenvalue weighted by Gasteiger charge is 2.30. The summed E-state index contributed by atoms with van der Waals surface area (Å²) in [5, 5.41) is 14.2. The van der Waals surface area contributed by atoms with Gasteiger partial charge in [0, 0.05) is 22.6 Å². The summed E-state index contributed by atoms with van der Waals surface area (Å²) in [5.41, 5.74) is 1.39. The number of benzene rings is 3. The first-order chi connectivity index (χ1) is 18.1. The van der Waals surface area contributed by atoms with Crippen molar-refractivity contribution in [3.8, 4) is 5.69 Å². The first-order valence-corrected chi connectivity index (χ1v) is 12.5. The number of nitrogens with zero attached hydrogens (tertiary/aromatic N) is 3. The molecule has 0 spiro atoms. The first kappa shape index (κ1) is 26.9. The number of carbonyl (C=O) groups is 2. The molecular weight excluding hydrogens is 515 g/mol. The van der Waals surface area contributed by atoms with E-state index < -0.39 is 17.0 Å². The Morgan fingerprint density at radius 3 is 2.32 bits per heavy atom. The lowest BCUT2D eigenvalue weighted by molar-refractivity contribution is -0.137. The summed E-state index contributed by atoms with van der Waals surface area (Å²) in [6.07, 6.45) is -4.45. The molecule has 1 aromatic heterocycles. The third-order valence-electron chi connectivity index (χ3n) is 5.57. The summed E-state index contributed by atoms with van der Waals surface area (Å²) in [6, 6.07) is 20.8. The van der Waals surface area contributed by atoms with Crippen molar-refractivity contribution in [2.45, 2.75) is 37.0 Å². The molecule has 4 aromatic rings. The maximum Gasteiger partial charge on any atom is 0.416 e. The number of hydrogen-bond acceptors (Lipinski definition) is 6. The van der Waals surface area contributed by atoms with Gasteiger partial charge in [0.2, 0.25) is 5.91 Å². The number of hydrogen-bond donors (Lipinski definition) is 2. The molecule has 1 heterocycles. The molecule has 2 N–H and O–H groups in total. The zero-order valence-corrected chi connectivity index (χ0v) is 21.3. The molecule has 0 bridgehead atoms. The van der Waals surface area contributed by atoms with Gasteiger partial charge in [0.15, 0.2) is 16.8 Å². The molecule has 0 aliphatic rings. The number of Topliss-reactive ketones (excluding diaryl/α,β-unsaturated/α-hetero) is 1. The Morgan fingerprint density at radius 1 is 0.947 bits per heavy atom. The van der Waals surface area contributed by atoms with Gasteiger partial charge in [-0.2, -0.15) is 13.2 Å². The lowest BCUT2D eigenvalue weighted by atomic mass is 10.1. The second-order valence-corrected chi connectivity index (χ2v) is 9.69. The van der Waals surface area contributed by atoms with Crippen molar-refractivity contribution in [3.05, 3.63) is 95.8 Å². The van der Waals surface area contributed by atoms with Crippen molar-refractivity contribution in [1.29, 1.82) is 0 Å². The predicted molar refractivity (Wildman–Crippen MR) is 141 cm³/mol. The number of thioether (sulfide) groups is 1. The quantitative estimate of drug-likeness (QED) is 0.194. The fourth-order valence-electron chi connectivity index (χ4n) is 3.56. The zero-order chi connectivity index (χ0) is 27.3. The number of ketones is 1. The van der Waals surface area contributed by atoms with Crippen LogP contribution in [0.2, 0.25) is 0 Å². The van der Waals surface area contributed by atoms with Gasteiger partial charge in [0.1, 0.15) is 0 Å². The van der Waals surface area contributed by atoms with E-state index in [1.807, 2.05) is 30.3 Å². The summed E-state index contributed by atoms with van der Waals surface area (Å²) in [7, 11) is 0. The molecule has 1 atom stereocenters. The second kappa shape index (κ2) is 11.5. The highest BCUT2D eigenvalue weighted by atomic mass is 32.2. The number of carbonyl (C=O) groups excluding carboxylic acids is 2. The zero-order valence-electron chi connectivity index (χ0n) is 20.5. The van der Waals surface area contributed by atoms with Crippen molar-refractivity contribution in [2.24, 2.45) is 0 Å². The van der Waals surface area contributed by atoms with Crippen molar-refractivity contribution in [3.63, 3.8) is 0 Å². The smallest absolute Gasteiger partial charge is 0.378 e. The summed E-state index contributed by atoms with van der Waals surface area (Å²) in [6.45, 7) is 3.31. The molecule has 0 radical (unpaired) electrons. The van der Waals surface area contributed by atoms with Crippen molar-refractivity contribution in [2.75, 3.05) is 10.6 Å². The van der Waals surface area contributed by atoms with Crippen LogP contribution in [0.3, 0.4) is 0 Å². The molecule has 3 aromatic carbocycles. The number of nitrogens with one attached hydrogen (secondary N) is 2. The largest absolute Gasteiger partial charge is 0.416 e. The van der Waals surface area contributed by atoms with Crippen LogP contribution in [0.4, 0.5) is 24.5 Å². The Labute approximate surface area is 221 Å². The molecule has 1 amide bonds. The molecule has 11 heteroatoms. The van der Waals surface area contributed by atoms with Crippen molar-refractivity contribution >= 4 is 34.8 Å². The molecule has 38 heavy (non-hydrogen) atoms. The Bertz CT molecular complexity index is 1420. The maximum atomic E-state index is 13.1. The van der Waals surface area contributed by atoms with Crippen LogP contribution < -0.4 is 10.6 Å². The minimum atomic E-state index is -4.45. The van der Waals surface area contributed by atoms with Gasteiger partial charge in [-0.25, -0.2) is 0 Å². The van der Waals surface area contributed by atoms with E-state index in [4.69, 9.17) is 0 Å². The first-order valence-electron chi connectivity index (χ1n) is 11.6. The normalized spacial score (nSPS) is 12.1. The standard InChI is InChI=1S/C27H24F3N5O2S/c1-17(36)19-11-13-21(14-12-19)32-25(37)18(2)38-26-34-33-24(35(26)23-9-4-3-5-10-23)16-31-22-8-6-7-20(15-22)27(28,29)30/h3-15,18,31H,16H2,1-2H3,(H,32,37)/t18-/m0/s1. The van der Waals surface area contributed by atoms with Crippen LogP contribution in [0.5, 0.6) is 0 Å². The van der Waals surface area contributed by atoms with Crippen LogP contribution in [0.1, 0.15) is 35.6 Å². The molecular formula is C27H24F3N5O2S.